The van der Waals surface area contributed by atoms with E-state index in [9.17, 15) is 24.0 Å². The summed E-state index contributed by atoms with van der Waals surface area (Å²) < 4.78 is 1.22. The molecule has 3 amide bonds. The van der Waals surface area contributed by atoms with Gasteiger partial charge in [0.15, 0.2) is 5.13 Å². The fourth-order valence-electron chi connectivity index (χ4n) is 3.00. The van der Waals surface area contributed by atoms with E-state index in [1.807, 2.05) is 0 Å². The molecule has 1 aliphatic heterocycles. The summed E-state index contributed by atoms with van der Waals surface area (Å²) in [6.07, 6.45) is 2.81. The van der Waals surface area contributed by atoms with Gasteiger partial charge in [0.2, 0.25) is 5.91 Å². The second-order valence-corrected chi connectivity index (χ2v) is 7.59. The molecule has 0 saturated heterocycles. The van der Waals surface area contributed by atoms with E-state index in [2.05, 4.69) is 15.3 Å². The highest BCUT2D eigenvalue weighted by atomic mass is 32.1. The number of imide groups is 1. The Balaban J connectivity index is 1.36. The van der Waals surface area contributed by atoms with E-state index in [0.717, 1.165) is 16.2 Å². The number of aryl methyl sites for hydroxylation is 1. The maximum absolute atomic E-state index is 12.4. The highest BCUT2D eigenvalue weighted by molar-refractivity contribution is 7.15. The largest absolute Gasteiger partial charge is 0.328 e. The van der Waals surface area contributed by atoms with Crippen molar-refractivity contribution >= 4 is 34.2 Å². The van der Waals surface area contributed by atoms with Crippen LogP contribution in [0.3, 0.4) is 0 Å². The predicted octanol–water partition coefficient (Wildman–Crippen LogP) is 0.818. The van der Waals surface area contributed by atoms with E-state index in [1.165, 1.54) is 23.0 Å². The first-order valence-corrected chi connectivity index (χ1v) is 9.73. The molecule has 0 aliphatic carbocycles. The van der Waals surface area contributed by atoms with Gasteiger partial charge in [-0.3, -0.25) is 29.1 Å². The van der Waals surface area contributed by atoms with Crippen LogP contribution in [0.2, 0.25) is 0 Å². The molecule has 0 fully saturated rings. The van der Waals surface area contributed by atoms with Gasteiger partial charge in [-0.15, -0.1) is 0 Å². The number of nitrogens with zero attached hydrogens (tertiary/aromatic N) is 3. The normalized spacial score (nSPS) is 12.9. The second kappa shape index (κ2) is 7.87. The summed E-state index contributed by atoms with van der Waals surface area (Å²) in [7, 11) is 0. The number of amides is 3. The van der Waals surface area contributed by atoms with E-state index in [1.54, 1.807) is 24.3 Å². The molecule has 2 N–H and O–H groups in total. The van der Waals surface area contributed by atoms with Crippen LogP contribution in [0.5, 0.6) is 0 Å². The van der Waals surface area contributed by atoms with Gasteiger partial charge in [-0.1, -0.05) is 23.5 Å². The van der Waals surface area contributed by atoms with Crippen molar-refractivity contribution in [3.63, 3.8) is 0 Å². The number of carbonyl (C=O) groups excluding carboxylic acids is 3. The Labute approximate surface area is 172 Å². The summed E-state index contributed by atoms with van der Waals surface area (Å²) in [4.78, 5) is 67.7. The zero-order valence-electron chi connectivity index (χ0n) is 15.5. The van der Waals surface area contributed by atoms with E-state index >= 15 is 0 Å². The average Bonchev–Trinajstić information content (AvgIpc) is 3.26. The lowest BCUT2D eigenvalue weighted by Gasteiger charge is -2.11. The van der Waals surface area contributed by atoms with Gasteiger partial charge < -0.3 is 9.88 Å². The fourth-order valence-corrected chi connectivity index (χ4v) is 3.82. The number of H-pyrrole nitrogens is 1. The van der Waals surface area contributed by atoms with Crippen molar-refractivity contribution in [1.29, 1.82) is 0 Å². The molecule has 0 bridgehead atoms. The quantitative estimate of drug-likeness (QED) is 0.562. The number of rotatable bonds is 6. The summed E-state index contributed by atoms with van der Waals surface area (Å²) in [5.41, 5.74) is -0.349. The Bertz CT molecular complexity index is 1240. The van der Waals surface area contributed by atoms with Crippen molar-refractivity contribution < 1.29 is 14.4 Å². The van der Waals surface area contributed by atoms with E-state index in [-0.39, 0.29) is 37.2 Å². The molecular formula is C19H15N5O5S. The minimum absolute atomic E-state index is 0.000724. The summed E-state index contributed by atoms with van der Waals surface area (Å²) in [5, 5.41) is 2.94. The number of anilines is 1. The van der Waals surface area contributed by atoms with Gasteiger partial charge in [-0.25, -0.2) is 9.78 Å². The molecule has 0 radical (unpaired) electrons. The van der Waals surface area contributed by atoms with Crippen LogP contribution >= 0.6 is 11.3 Å². The molecule has 152 valence electrons. The van der Waals surface area contributed by atoms with Crippen LogP contribution in [0.4, 0.5) is 5.13 Å². The third kappa shape index (κ3) is 3.82. The fraction of sp³-hybridized carbons (Fsp3) is 0.158. The minimum atomic E-state index is -0.590. The first-order chi connectivity index (χ1) is 14.4. The standard InChI is InChI=1S/C19H15N5O5S/c25-14(5-7-23-8-6-15(26)22-19(23)29)21-18-20-9-11(30-18)10-24-16(27)12-3-1-2-4-13(12)17(24)28/h1-4,6,8-9H,5,7,10H2,(H,20,21,25)(H,22,26,29). The van der Waals surface area contributed by atoms with Crippen LogP contribution in [0.1, 0.15) is 32.0 Å². The van der Waals surface area contributed by atoms with Crippen molar-refractivity contribution in [3.8, 4) is 0 Å². The zero-order valence-corrected chi connectivity index (χ0v) is 16.3. The van der Waals surface area contributed by atoms with Crippen molar-refractivity contribution in [2.75, 3.05) is 5.32 Å². The molecule has 1 aromatic carbocycles. The van der Waals surface area contributed by atoms with Crippen LogP contribution in [0, 0.1) is 0 Å². The van der Waals surface area contributed by atoms with Gasteiger partial charge in [-0.2, -0.15) is 0 Å². The summed E-state index contributed by atoms with van der Waals surface area (Å²) in [6.45, 7) is 0.154. The third-order valence-corrected chi connectivity index (χ3v) is 5.37. The Morgan fingerprint density at radius 3 is 2.43 bits per heavy atom. The summed E-state index contributed by atoms with van der Waals surface area (Å²) >= 11 is 1.15. The molecule has 10 nitrogen and oxygen atoms in total. The lowest BCUT2D eigenvalue weighted by atomic mass is 10.1. The maximum atomic E-state index is 12.4. The van der Waals surface area contributed by atoms with Crippen molar-refractivity contribution in [1.82, 2.24) is 19.4 Å². The van der Waals surface area contributed by atoms with Gasteiger partial charge in [-0.05, 0) is 12.1 Å². The summed E-state index contributed by atoms with van der Waals surface area (Å²) in [5.74, 6) is -1.09. The predicted molar refractivity (Wildman–Crippen MR) is 107 cm³/mol. The first-order valence-electron chi connectivity index (χ1n) is 8.92. The third-order valence-electron chi connectivity index (χ3n) is 4.47. The van der Waals surface area contributed by atoms with Crippen molar-refractivity contribution in [3.05, 3.63) is 79.6 Å². The molecule has 0 spiro atoms. The van der Waals surface area contributed by atoms with Gasteiger partial charge in [0, 0.05) is 36.3 Å². The number of carbonyl (C=O) groups is 3. The Morgan fingerprint density at radius 1 is 1.07 bits per heavy atom. The van der Waals surface area contributed by atoms with E-state index in [0.29, 0.717) is 21.1 Å². The molecule has 0 unspecified atom stereocenters. The molecule has 3 aromatic rings. The van der Waals surface area contributed by atoms with Gasteiger partial charge in [0.05, 0.1) is 17.7 Å². The topological polar surface area (TPSA) is 134 Å². The number of aromatic nitrogens is 3. The number of hydrogen-bond donors (Lipinski definition) is 2. The number of nitrogens with one attached hydrogen (secondary N) is 2. The number of aromatic amines is 1. The first kappa shape index (κ1) is 19.5. The molecule has 1 aliphatic rings. The molecule has 0 atom stereocenters. The van der Waals surface area contributed by atoms with Crippen LogP contribution in [0.15, 0.2) is 52.3 Å². The zero-order chi connectivity index (χ0) is 21.3. The molecule has 11 heteroatoms. The average molecular weight is 425 g/mol. The molecule has 3 heterocycles. The van der Waals surface area contributed by atoms with E-state index in [4.69, 9.17) is 0 Å². The van der Waals surface area contributed by atoms with Gasteiger partial charge in [0.1, 0.15) is 0 Å². The highest BCUT2D eigenvalue weighted by Gasteiger charge is 2.35. The smallest absolute Gasteiger partial charge is 0.302 e. The van der Waals surface area contributed by atoms with Crippen LogP contribution in [-0.4, -0.2) is 37.2 Å². The maximum Gasteiger partial charge on any atom is 0.328 e. The number of thiazole rings is 1. The van der Waals surface area contributed by atoms with E-state index < -0.39 is 11.2 Å². The van der Waals surface area contributed by atoms with Gasteiger partial charge >= 0.3 is 5.69 Å². The molecule has 0 saturated carbocycles. The number of hydrogen-bond acceptors (Lipinski definition) is 7. The molecule has 4 rings (SSSR count). The second-order valence-electron chi connectivity index (χ2n) is 6.48. The van der Waals surface area contributed by atoms with Gasteiger partial charge in [0.25, 0.3) is 17.4 Å². The Hall–Kier alpha value is -3.86. The lowest BCUT2D eigenvalue weighted by Crippen LogP contribution is -2.29. The van der Waals surface area contributed by atoms with Crippen LogP contribution < -0.4 is 16.6 Å². The summed E-state index contributed by atoms with van der Waals surface area (Å²) in [6, 6.07) is 7.83. The minimum Gasteiger partial charge on any atom is -0.302 e. The highest BCUT2D eigenvalue weighted by Crippen LogP contribution is 2.27. The molecule has 30 heavy (non-hydrogen) atoms. The monoisotopic (exact) mass is 425 g/mol. The molecular weight excluding hydrogens is 410 g/mol. The number of fused-ring (bicyclic) bond motifs is 1. The lowest BCUT2D eigenvalue weighted by molar-refractivity contribution is -0.116. The van der Waals surface area contributed by atoms with Crippen LogP contribution in [-0.2, 0) is 17.9 Å². The number of benzene rings is 1. The van der Waals surface area contributed by atoms with Crippen LogP contribution in [0.25, 0.3) is 0 Å². The Morgan fingerprint density at radius 2 is 1.77 bits per heavy atom. The molecule has 2 aromatic heterocycles. The van der Waals surface area contributed by atoms with Crippen molar-refractivity contribution in [2.24, 2.45) is 0 Å². The SMILES string of the molecule is O=C(CCn1ccc(=O)[nH]c1=O)Nc1ncc(CN2C(=O)c3ccccc3C2=O)s1. The van der Waals surface area contributed by atoms with Crippen molar-refractivity contribution in [2.45, 2.75) is 19.5 Å². The Kier molecular flexibility index (Phi) is 5.11.